The third-order valence-corrected chi connectivity index (χ3v) is 6.89. The van der Waals surface area contributed by atoms with E-state index < -0.39 is 15.2 Å². The van der Waals surface area contributed by atoms with Crippen molar-refractivity contribution >= 4 is 49.0 Å². The summed E-state index contributed by atoms with van der Waals surface area (Å²) in [6.45, 7) is 2.35. The van der Waals surface area contributed by atoms with Crippen LogP contribution in [0.1, 0.15) is 6.92 Å². The van der Waals surface area contributed by atoms with E-state index in [1.807, 2.05) is 4.90 Å². The van der Waals surface area contributed by atoms with Gasteiger partial charge >= 0.3 is 0 Å². The van der Waals surface area contributed by atoms with E-state index in [1.165, 1.54) is 0 Å². The first kappa shape index (κ1) is 14.9. The Morgan fingerprint density at radius 3 is 3.00 bits per heavy atom. The van der Waals surface area contributed by atoms with Gasteiger partial charge in [0, 0.05) is 23.8 Å². The molecule has 0 spiro atoms. The molecule has 106 valence electrons. The number of nitrogens with two attached hydrogens (primary N) is 1. The number of hydrogen-bond donors (Lipinski definition) is 1. The zero-order chi connectivity index (χ0) is 14.0. The molecule has 1 unspecified atom stereocenters. The number of aromatic nitrogens is 1. The number of halogens is 1. The molecule has 0 bridgehead atoms. The Hall–Kier alpha value is -0.470. The van der Waals surface area contributed by atoms with E-state index in [4.69, 9.17) is 5.73 Å². The fourth-order valence-electron chi connectivity index (χ4n) is 1.97. The smallest absolute Gasteiger partial charge is 0.171 e. The monoisotopic (exact) mass is 365 g/mol. The Balaban J connectivity index is 2.40. The highest BCUT2D eigenvalue weighted by atomic mass is 79.9. The van der Waals surface area contributed by atoms with Crippen LogP contribution in [0.4, 0.5) is 11.5 Å². The molecule has 5 nitrogen and oxygen atoms in total. The van der Waals surface area contributed by atoms with Gasteiger partial charge in [0.05, 0.1) is 16.4 Å². The number of sulfone groups is 1. The molecule has 1 aliphatic heterocycles. The van der Waals surface area contributed by atoms with Crippen molar-refractivity contribution in [2.24, 2.45) is 0 Å². The predicted octanol–water partition coefficient (Wildman–Crippen LogP) is 1.74. The van der Waals surface area contributed by atoms with Crippen LogP contribution in [0.2, 0.25) is 0 Å². The van der Waals surface area contributed by atoms with Gasteiger partial charge in [0.1, 0.15) is 11.2 Å². The minimum atomic E-state index is -3.13. The van der Waals surface area contributed by atoms with Crippen LogP contribution in [0.25, 0.3) is 0 Å². The summed E-state index contributed by atoms with van der Waals surface area (Å²) < 4.78 is 25.1. The molecular weight excluding hydrogens is 350 g/mol. The molecule has 0 amide bonds. The second kappa shape index (κ2) is 5.88. The molecule has 2 heterocycles. The lowest BCUT2D eigenvalue weighted by atomic mass is 10.3. The maximum Gasteiger partial charge on any atom is 0.171 e. The molecule has 1 fully saturated rings. The number of pyridine rings is 1. The highest BCUT2D eigenvalue weighted by Crippen LogP contribution is 2.32. The van der Waals surface area contributed by atoms with Gasteiger partial charge in [-0.15, -0.1) is 0 Å². The van der Waals surface area contributed by atoms with E-state index in [9.17, 15) is 8.42 Å². The van der Waals surface area contributed by atoms with Crippen molar-refractivity contribution < 1.29 is 8.42 Å². The quantitative estimate of drug-likeness (QED) is 0.878. The topological polar surface area (TPSA) is 76.3 Å². The average molecular weight is 366 g/mol. The molecule has 2 rings (SSSR count). The van der Waals surface area contributed by atoms with Crippen molar-refractivity contribution in [1.82, 2.24) is 4.98 Å². The lowest BCUT2D eigenvalue weighted by Gasteiger charge is -2.36. The number of rotatable bonds is 3. The summed E-state index contributed by atoms with van der Waals surface area (Å²) in [5, 5.41) is -0.510. The highest BCUT2D eigenvalue weighted by Gasteiger charge is 2.34. The van der Waals surface area contributed by atoms with E-state index in [2.05, 4.69) is 20.9 Å². The van der Waals surface area contributed by atoms with Crippen LogP contribution < -0.4 is 10.6 Å². The van der Waals surface area contributed by atoms with Crippen LogP contribution in [0.5, 0.6) is 0 Å². The normalized spacial score (nSPS) is 20.5. The highest BCUT2D eigenvalue weighted by molar-refractivity contribution is 9.10. The summed E-state index contributed by atoms with van der Waals surface area (Å²) in [7, 11) is -3.13. The number of hydrogen-bond acceptors (Lipinski definition) is 6. The van der Waals surface area contributed by atoms with Crippen LogP contribution in [-0.4, -0.2) is 42.6 Å². The number of thioether (sulfide) groups is 1. The van der Waals surface area contributed by atoms with E-state index in [0.717, 1.165) is 10.2 Å². The Morgan fingerprint density at radius 1 is 1.63 bits per heavy atom. The molecule has 0 aliphatic carbocycles. The SMILES string of the molecule is CCS(=O)(=O)C1CSCCN1c1ncc(N)cc1Br. The molecule has 1 atom stereocenters. The number of nitrogen functional groups attached to an aromatic ring is 1. The lowest BCUT2D eigenvalue weighted by molar-refractivity contribution is 0.578. The van der Waals surface area contributed by atoms with E-state index in [-0.39, 0.29) is 5.75 Å². The Kier molecular flexibility index (Phi) is 4.62. The van der Waals surface area contributed by atoms with Gasteiger partial charge in [0.2, 0.25) is 0 Å². The predicted molar refractivity (Wildman–Crippen MR) is 84.3 cm³/mol. The van der Waals surface area contributed by atoms with Crippen molar-refractivity contribution in [3.8, 4) is 0 Å². The van der Waals surface area contributed by atoms with Crippen molar-refractivity contribution in [3.05, 3.63) is 16.7 Å². The molecule has 8 heteroatoms. The van der Waals surface area contributed by atoms with Crippen LogP contribution in [-0.2, 0) is 9.84 Å². The van der Waals surface area contributed by atoms with Gasteiger partial charge in [0.15, 0.2) is 9.84 Å². The average Bonchev–Trinajstić information content (AvgIpc) is 2.39. The van der Waals surface area contributed by atoms with Gasteiger partial charge in [-0.25, -0.2) is 13.4 Å². The minimum Gasteiger partial charge on any atom is -0.397 e. The molecule has 0 radical (unpaired) electrons. The summed E-state index contributed by atoms with van der Waals surface area (Å²) in [5.74, 6) is 2.26. The Labute approximate surface area is 126 Å². The molecule has 1 aromatic heterocycles. The maximum atomic E-state index is 12.2. The molecule has 2 N–H and O–H groups in total. The van der Waals surface area contributed by atoms with Crippen molar-refractivity contribution in [2.75, 3.05) is 34.4 Å². The molecule has 1 aromatic rings. The van der Waals surface area contributed by atoms with Crippen LogP contribution in [0.3, 0.4) is 0 Å². The summed E-state index contributed by atoms with van der Waals surface area (Å²) in [6, 6.07) is 1.75. The first-order chi connectivity index (χ1) is 8.95. The van der Waals surface area contributed by atoms with Gasteiger partial charge in [-0.3, -0.25) is 0 Å². The first-order valence-electron chi connectivity index (χ1n) is 5.92. The first-order valence-corrected chi connectivity index (χ1v) is 9.59. The van der Waals surface area contributed by atoms with Crippen molar-refractivity contribution in [2.45, 2.75) is 12.3 Å². The molecule has 0 aromatic carbocycles. The van der Waals surface area contributed by atoms with Crippen LogP contribution >= 0.6 is 27.7 Å². The standard InChI is InChI=1S/C11H16BrN3O2S2/c1-2-19(16,17)10-7-18-4-3-15(10)11-9(12)5-8(13)6-14-11/h5-6,10H,2-4,7,13H2,1H3. The van der Waals surface area contributed by atoms with Crippen molar-refractivity contribution in [3.63, 3.8) is 0 Å². The lowest BCUT2D eigenvalue weighted by Crippen LogP contribution is -2.48. The van der Waals surface area contributed by atoms with Gasteiger partial charge in [0.25, 0.3) is 0 Å². The summed E-state index contributed by atoms with van der Waals surface area (Å²) in [5.41, 5.74) is 6.22. The summed E-state index contributed by atoms with van der Waals surface area (Å²) >= 11 is 5.08. The summed E-state index contributed by atoms with van der Waals surface area (Å²) in [4.78, 5) is 6.14. The zero-order valence-electron chi connectivity index (χ0n) is 10.5. The molecule has 19 heavy (non-hydrogen) atoms. The largest absolute Gasteiger partial charge is 0.397 e. The van der Waals surface area contributed by atoms with Crippen LogP contribution in [0, 0.1) is 0 Å². The third kappa shape index (κ3) is 3.17. The Bertz CT molecular complexity index is 565. The molecule has 1 saturated heterocycles. The Morgan fingerprint density at radius 2 is 2.37 bits per heavy atom. The fourth-order valence-corrected chi connectivity index (χ4v) is 5.53. The van der Waals surface area contributed by atoms with Gasteiger partial charge in [-0.1, -0.05) is 6.92 Å². The number of nitrogens with zero attached hydrogens (tertiary/aromatic N) is 2. The van der Waals surface area contributed by atoms with E-state index >= 15 is 0 Å². The van der Waals surface area contributed by atoms with Gasteiger partial charge in [-0.05, 0) is 22.0 Å². The fraction of sp³-hybridized carbons (Fsp3) is 0.545. The summed E-state index contributed by atoms with van der Waals surface area (Å²) in [6.07, 6.45) is 1.55. The van der Waals surface area contributed by atoms with Gasteiger partial charge < -0.3 is 10.6 Å². The zero-order valence-corrected chi connectivity index (χ0v) is 13.8. The van der Waals surface area contributed by atoms with Gasteiger partial charge in [-0.2, -0.15) is 11.8 Å². The third-order valence-electron chi connectivity index (χ3n) is 3.02. The van der Waals surface area contributed by atoms with Crippen molar-refractivity contribution in [1.29, 1.82) is 0 Å². The minimum absolute atomic E-state index is 0.140. The van der Waals surface area contributed by atoms with Crippen LogP contribution in [0.15, 0.2) is 16.7 Å². The second-order valence-electron chi connectivity index (χ2n) is 4.25. The number of anilines is 2. The molecule has 0 saturated carbocycles. The maximum absolute atomic E-state index is 12.2. The van der Waals surface area contributed by atoms with E-state index in [1.54, 1.807) is 30.9 Å². The molecule has 1 aliphatic rings. The van der Waals surface area contributed by atoms with E-state index in [0.29, 0.717) is 23.8 Å². The molecular formula is C11H16BrN3O2S2. The second-order valence-corrected chi connectivity index (χ2v) is 8.70.